The van der Waals surface area contributed by atoms with Crippen LogP contribution in [0.15, 0.2) is 24.3 Å². The van der Waals surface area contributed by atoms with Crippen LogP contribution in [0.25, 0.3) is 0 Å². The lowest BCUT2D eigenvalue weighted by Gasteiger charge is -2.15. The van der Waals surface area contributed by atoms with Crippen LogP contribution in [0.5, 0.6) is 0 Å². The Morgan fingerprint density at radius 2 is 1.94 bits per heavy atom. The molecule has 94 valence electrons. The van der Waals surface area contributed by atoms with Crippen molar-refractivity contribution >= 4 is 29.2 Å². The van der Waals surface area contributed by atoms with Gasteiger partial charge in [-0.1, -0.05) is 17.7 Å². The number of hydrogen-bond donors (Lipinski definition) is 0. The lowest BCUT2D eigenvalue weighted by atomic mass is 10.1. The highest BCUT2D eigenvalue weighted by atomic mass is 35.5. The second-order valence-electron chi connectivity index (χ2n) is 3.41. The molecular formula is C12H14Cl2O3. The molecule has 0 radical (unpaired) electrons. The molecule has 5 heteroatoms. The Labute approximate surface area is 111 Å². The van der Waals surface area contributed by atoms with Gasteiger partial charge in [0.2, 0.25) is 6.29 Å². The van der Waals surface area contributed by atoms with Crippen molar-refractivity contribution in [2.45, 2.75) is 13.2 Å². The van der Waals surface area contributed by atoms with E-state index in [1.54, 1.807) is 12.1 Å². The van der Waals surface area contributed by atoms with Crippen LogP contribution in [0.2, 0.25) is 0 Å². The molecule has 1 aromatic rings. The predicted octanol–water partition coefficient (Wildman–Crippen LogP) is 2.97. The Kier molecular flexibility index (Phi) is 6.34. The summed E-state index contributed by atoms with van der Waals surface area (Å²) in [4.78, 5) is 11.7. The van der Waals surface area contributed by atoms with Gasteiger partial charge in [0.25, 0.3) is 0 Å². The van der Waals surface area contributed by atoms with Gasteiger partial charge in [-0.2, -0.15) is 0 Å². The summed E-state index contributed by atoms with van der Waals surface area (Å²) in [6, 6.07) is 7.08. The fraction of sp³-hybridized carbons (Fsp3) is 0.417. The summed E-state index contributed by atoms with van der Waals surface area (Å²) in [6.07, 6.45) is -0.760. The topological polar surface area (TPSA) is 35.5 Å². The molecule has 3 nitrogen and oxygen atoms in total. The van der Waals surface area contributed by atoms with Gasteiger partial charge in [-0.25, -0.2) is 4.79 Å². The molecule has 1 rings (SSSR count). The van der Waals surface area contributed by atoms with Gasteiger partial charge in [0.15, 0.2) is 0 Å². The maximum atomic E-state index is 11.7. The van der Waals surface area contributed by atoms with E-state index >= 15 is 0 Å². The summed E-state index contributed by atoms with van der Waals surface area (Å²) in [7, 11) is 0. The molecule has 0 aliphatic rings. The highest BCUT2D eigenvalue weighted by molar-refractivity contribution is 6.18. The van der Waals surface area contributed by atoms with E-state index in [9.17, 15) is 4.79 Å². The zero-order chi connectivity index (χ0) is 12.7. The van der Waals surface area contributed by atoms with Crippen molar-refractivity contribution < 1.29 is 14.3 Å². The lowest BCUT2D eigenvalue weighted by Crippen LogP contribution is -2.24. The first kappa shape index (κ1) is 14.3. The Bertz CT molecular complexity index is 351. The third-order valence-corrected chi connectivity index (χ3v) is 2.44. The van der Waals surface area contributed by atoms with Gasteiger partial charge < -0.3 is 9.47 Å². The molecule has 0 N–H and O–H groups in total. The van der Waals surface area contributed by atoms with Crippen LogP contribution < -0.4 is 0 Å². The molecule has 0 unspecified atom stereocenters. The average molecular weight is 277 g/mol. The molecule has 0 heterocycles. The van der Waals surface area contributed by atoms with Crippen LogP contribution in [0.3, 0.4) is 0 Å². The summed E-state index contributed by atoms with van der Waals surface area (Å²) in [5.74, 6) is -0.0468. The first-order valence-corrected chi connectivity index (χ1v) is 6.25. The predicted molar refractivity (Wildman–Crippen MR) is 67.8 cm³/mol. The van der Waals surface area contributed by atoms with Gasteiger partial charge in [0.05, 0.1) is 18.1 Å². The second-order valence-corrected chi connectivity index (χ2v) is 4.10. The van der Waals surface area contributed by atoms with E-state index < -0.39 is 12.3 Å². The number of rotatable bonds is 6. The molecule has 0 fully saturated rings. The largest absolute Gasteiger partial charge is 0.431 e. The number of ether oxygens (including phenoxy) is 2. The third kappa shape index (κ3) is 4.94. The van der Waals surface area contributed by atoms with Gasteiger partial charge in [-0.15, -0.1) is 23.2 Å². The smallest absolute Gasteiger partial charge is 0.340 e. The van der Waals surface area contributed by atoms with Crippen LogP contribution in [-0.4, -0.2) is 30.6 Å². The minimum Gasteiger partial charge on any atom is -0.431 e. The summed E-state index contributed by atoms with van der Waals surface area (Å²) >= 11 is 11.1. The first-order valence-electron chi connectivity index (χ1n) is 5.18. The van der Waals surface area contributed by atoms with Crippen molar-refractivity contribution in [2.75, 3.05) is 18.4 Å². The summed E-state index contributed by atoms with van der Waals surface area (Å²) in [5.41, 5.74) is 1.55. The maximum absolute atomic E-state index is 11.7. The number of halogens is 2. The van der Waals surface area contributed by atoms with Crippen molar-refractivity contribution in [1.29, 1.82) is 0 Å². The minimum absolute atomic E-state index is 0.0779. The maximum Gasteiger partial charge on any atom is 0.340 e. The van der Waals surface area contributed by atoms with Gasteiger partial charge in [0.1, 0.15) is 0 Å². The molecule has 0 bridgehead atoms. The van der Waals surface area contributed by atoms with Crippen LogP contribution in [0.1, 0.15) is 15.9 Å². The highest BCUT2D eigenvalue weighted by Gasteiger charge is 2.15. The van der Waals surface area contributed by atoms with E-state index in [2.05, 4.69) is 0 Å². The van der Waals surface area contributed by atoms with Gasteiger partial charge in [0, 0.05) is 5.88 Å². The number of benzene rings is 1. The van der Waals surface area contributed by atoms with Crippen LogP contribution in [0, 0.1) is 6.92 Å². The molecule has 0 aliphatic heterocycles. The zero-order valence-electron chi connectivity index (χ0n) is 9.49. The molecule has 1 aromatic carbocycles. The zero-order valence-corrected chi connectivity index (χ0v) is 11.0. The van der Waals surface area contributed by atoms with E-state index in [0.717, 1.165) is 5.56 Å². The van der Waals surface area contributed by atoms with Gasteiger partial charge in [-0.05, 0) is 19.1 Å². The number of hydrogen-bond acceptors (Lipinski definition) is 3. The SMILES string of the molecule is Cc1ccc(C(=O)O[C@@H](CCl)OCCCl)cc1. The Morgan fingerprint density at radius 3 is 2.47 bits per heavy atom. The molecule has 0 amide bonds. The number of carbonyl (C=O) groups excluding carboxylic acids is 1. The molecule has 17 heavy (non-hydrogen) atoms. The third-order valence-electron chi connectivity index (χ3n) is 2.03. The molecule has 1 atom stereocenters. The lowest BCUT2D eigenvalue weighted by molar-refractivity contribution is -0.0913. The van der Waals surface area contributed by atoms with Crippen molar-refractivity contribution in [2.24, 2.45) is 0 Å². The summed E-state index contributed by atoms with van der Waals surface area (Å²) in [6.45, 7) is 2.24. The number of aryl methyl sites for hydroxylation is 1. The number of alkyl halides is 2. The fourth-order valence-corrected chi connectivity index (χ4v) is 1.40. The molecule has 0 aliphatic carbocycles. The normalized spacial score (nSPS) is 12.2. The number of carbonyl (C=O) groups is 1. The van der Waals surface area contributed by atoms with Crippen molar-refractivity contribution in [3.05, 3.63) is 35.4 Å². The Balaban J connectivity index is 2.54. The molecule has 0 spiro atoms. The summed E-state index contributed by atoms with van der Waals surface area (Å²) < 4.78 is 10.2. The quantitative estimate of drug-likeness (QED) is 0.455. The molecule has 0 saturated heterocycles. The van der Waals surface area contributed by atoms with Crippen LogP contribution >= 0.6 is 23.2 Å². The molecule has 0 aromatic heterocycles. The Hall–Kier alpha value is -0.770. The Morgan fingerprint density at radius 1 is 1.29 bits per heavy atom. The standard InChI is InChI=1S/C12H14Cl2O3/c1-9-2-4-10(5-3-9)12(15)17-11(8-14)16-7-6-13/h2-5,11H,6-8H2,1H3/t11-/m0/s1. The van der Waals surface area contributed by atoms with E-state index in [1.807, 2.05) is 19.1 Å². The van der Waals surface area contributed by atoms with Crippen molar-refractivity contribution in [1.82, 2.24) is 0 Å². The fourth-order valence-electron chi connectivity index (χ4n) is 1.16. The van der Waals surface area contributed by atoms with Crippen molar-refractivity contribution in [3.63, 3.8) is 0 Å². The van der Waals surface area contributed by atoms with Crippen LogP contribution in [0.4, 0.5) is 0 Å². The highest BCUT2D eigenvalue weighted by Crippen LogP contribution is 2.08. The number of esters is 1. The van der Waals surface area contributed by atoms with E-state index in [4.69, 9.17) is 32.7 Å². The average Bonchev–Trinajstić information content (AvgIpc) is 2.35. The van der Waals surface area contributed by atoms with E-state index in [1.165, 1.54) is 0 Å². The van der Waals surface area contributed by atoms with Crippen LogP contribution in [-0.2, 0) is 9.47 Å². The van der Waals surface area contributed by atoms with E-state index in [-0.39, 0.29) is 5.88 Å². The second kappa shape index (κ2) is 7.54. The monoisotopic (exact) mass is 276 g/mol. The van der Waals surface area contributed by atoms with Gasteiger partial charge >= 0.3 is 5.97 Å². The van der Waals surface area contributed by atoms with Crippen molar-refractivity contribution in [3.8, 4) is 0 Å². The van der Waals surface area contributed by atoms with Gasteiger partial charge in [-0.3, -0.25) is 0 Å². The van der Waals surface area contributed by atoms with E-state index in [0.29, 0.717) is 18.1 Å². The minimum atomic E-state index is -0.760. The summed E-state index contributed by atoms with van der Waals surface area (Å²) in [5, 5.41) is 0. The first-order chi connectivity index (χ1) is 8.17. The molecule has 0 saturated carbocycles. The molecular weight excluding hydrogens is 263 g/mol.